The minimum atomic E-state index is 0.533. The maximum Gasteiger partial charge on any atom is 0.223 e. The number of nitrogens with zero attached hydrogens (tertiary/aromatic N) is 2. The van der Waals surface area contributed by atoms with Crippen LogP contribution in [0.1, 0.15) is 39.0 Å². The van der Waals surface area contributed by atoms with Gasteiger partial charge in [0.05, 0.1) is 5.52 Å². The molecule has 1 saturated carbocycles. The molecular weight excluding hydrogens is 234 g/mol. The van der Waals surface area contributed by atoms with Crippen molar-refractivity contribution < 1.29 is 0 Å². The van der Waals surface area contributed by atoms with Crippen LogP contribution in [-0.4, -0.2) is 16.0 Å². The molecule has 100 valence electrons. The van der Waals surface area contributed by atoms with Crippen molar-refractivity contribution in [2.75, 3.05) is 5.32 Å². The van der Waals surface area contributed by atoms with Crippen molar-refractivity contribution in [3.05, 3.63) is 30.5 Å². The van der Waals surface area contributed by atoms with Crippen LogP contribution in [0.5, 0.6) is 0 Å². The van der Waals surface area contributed by atoms with Crippen molar-refractivity contribution in [3.8, 4) is 0 Å². The van der Waals surface area contributed by atoms with Crippen LogP contribution in [-0.2, 0) is 0 Å². The predicted octanol–water partition coefficient (Wildman–Crippen LogP) is 4.01. The van der Waals surface area contributed by atoms with E-state index in [-0.39, 0.29) is 0 Å². The summed E-state index contributed by atoms with van der Waals surface area (Å²) in [5.74, 6) is 1.64. The van der Waals surface area contributed by atoms with Gasteiger partial charge in [0, 0.05) is 17.6 Å². The largest absolute Gasteiger partial charge is 0.351 e. The lowest BCUT2D eigenvalue weighted by molar-refractivity contribution is 0.501. The summed E-state index contributed by atoms with van der Waals surface area (Å²) >= 11 is 0. The highest BCUT2D eigenvalue weighted by Crippen LogP contribution is 2.24. The molecule has 0 spiro atoms. The normalized spacial score (nSPS) is 24.1. The average molecular weight is 255 g/mol. The standard InChI is InChI=1S/C16H21N3/c1-12-5-4-7-14(10-9-12)18-16-17-11-13-6-2-3-8-15(13)19-16/h2-3,6,8,11-12,14H,4-5,7,9-10H2,1H3,(H,17,18,19). The Morgan fingerprint density at radius 1 is 1.11 bits per heavy atom. The van der Waals surface area contributed by atoms with Crippen LogP contribution in [0, 0.1) is 5.92 Å². The van der Waals surface area contributed by atoms with Crippen LogP contribution in [0.15, 0.2) is 30.5 Å². The summed E-state index contributed by atoms with van der Waals surface area (Å²) in [7, 11) is 0. The molecule has 1 fully saturated rings. The van der Waals surface area contributed by atoms with Gasteiger partial charge in [-0.15, -0.1) is 0 Å². The van der Waals surface area contributed by atoms with Crippen LogP contribution in [0.4, 0.5) is 5.95 Å². The van der Waals surface area contributed by atoms with E-state index in [1.54, 1.807) is 0 Å². The maximum atomic E-state index is 4.60. The Morgan fingerprint density at radius 2 is 2.00 bits per heavy atom. The van der Waals surface area contributed by atoms with Crippen LogP contribution in [0.3, 0.4) is 0 Å². The second-order valence-electron chi connectivity index (χ2n) is 5.71. The van der Waals surface area contributed by atoms with Gasteiger partial charge in [-0.25, -0.2) is 9.97 Å². The number of nitrogens with one attached hydrogen (secondary N) is 1. The summed E-state index contributed by atoms with van der Waals surface area (Å²) in [4.78, 5) is 9.03. The Bertz CT molecular complexity index is 552. The summed E-state index contributed by atoms with van der Waals surface area (Å²) in [6.45, 7) is 2.36. The number of rotatable bonds is 2. The molecule has 1 aliphatic rings. The number of aromatic nitrogens is 2. The molecule has 0 radical (unpaired) electrons. The first kappa shape index (κ1) is 12.4. The monoisotopic (exact) mass is 255 g/mol. The summed E-state index contributed by atoms with van der Waals surface area (Å²) in [6.07, 6.45) is 8.36. The third kappa shape index (κ3) is 3.03. The van der Waals surface area contributed by atoms with Crippen molar-refractivity contribution in [2.24, 2.45) is 5.92 Å². The van der Waals surface area contributed by atoms with Crippen LogP contribution >= 0.6 is 0 Å². The predicted molar refractivity (Wildman–Crippen MR) is 79.2 cm³/mol. The summed E-state index contributed by atoms with van der Waals surface area (Å²) < 4.78 is 0. The molecule has 2 atom stereocenters. The minimum Gasteiger partial charge on any atom is -0.351 e. The van der Waals surface area contributed by atoms with E-state index in [2.05, 4.69) is 22.2 Å². The zero-order valence-corrected chi connectivity index (χ0v) is 11.5. The number of para-hydroxylation sites is 1. The lowest BCUT2D eigenvalue weighted by Crippen LogP contribution is -2.20. The summed E-state index contributed by atoms with van der Waals surface area (Å²) in [5.41, 5.74) is 1.02. The second-order valence-corrected chi connectivity index (χ2v) is 5.71. The lowest BCUT2D eigenvalue weighted by atomic mass is 10.0. The molecule has 2 aromatic rings. The Morgan fingerprint density at radius 3 is 2.95 bits per heavy atom. The third-order valence-electron chi connectivity index (χ3n) is 4.08. The molecule has 3 nitrogen and oxygen atoms in total. The molecule has 0 amide bonds. The quantitative estimate of drug-likeness (QED) is 0.824. The highest BCUT2D eigenvalue weighted by Gasteiger charge is 2.16. The van der Waals surface area contributed by atoms with E-state index in [0.717, 1.165) is 22.8 Å². The van der Waals surface area contributed by atoms with Crippen LogP contribution in [0.2, 0.25) is 0 Å². The number of hydrogen-bond donors (Lipinski definition) is 1. The number of anilines is 1. The zero-order chi connectivity index (χ0) is 13.1. The van der Waals surface area contributed by atoms with E-state index in [1.165, 1.54) is 32.1 Å². The first-order valence-electron chi connectivity index (χ1n) is 7.29. The molecule has 0 saturated heterocycles. The Hall–Kier alpha value is -1.64. The molecular formula is C16H21N3. The highest BCUT2D eigenvalue weighted by molar-refractivity contribution is 5.78. The average Bonchev–Trinajstić information content (AvgIpc) is 2.64. The van der Waals surface area contributed by atoms with Crippen molar-refractivity contribution >= 4 is 16.9 Å². The van der Waals surface area contributed by atoms with Crippen molar-refractivity contribution in [3.63, 3.8) is 0 Å². The Balaban J connectivity index is 1.73. The second kappa shape index (κ2) is 5.55. The fourth-order valence-electron chi connectivity index (χ4n) is 2.86. The van der Waals surface area contributed by atoms with Gasteiger partial charge in [-0.3, -0.25) is 0 Å². The van der Waals surface area contributed by atoms with Crippen LogP contribution in [0.25, 0.3) is 10.9 Å². The van der Waals surface area contributed by atoms with Crippen LogP contribution < -0.4 is 5.32 Å². The summed E-state index contributed by atoms with van der Waals surface area (Å²) in [5, 5.41) is 4.61. The third-order valence-corrected chi connectivity index (χ3v) is 4.08. The SMILES string of the molecule is CC1CCCC(Nc2ncc3ccccc3n2)CC1. The van der Waals surface area contributed by atoms with E-state index in [4.69, 9.17) is 0 Å². The molecule has 1 N–H and O–H groups in total. The van der Waals surface area contributed by atoms with Crippen molar-refractivity contribution in [1.82, 2.24) is 9.97 Å². The zero-order valence-electron chi connectivity index (χ0n) is 11.5. The Labute approximate surface area is 114 Å². The van der Waals surface area contributed by atoms with Crippen molar-refractivity contribution in [1.29, 1.82) is 0 Å². The number of benzene rings is 1. The molecule has 1 aromatic heterocycles. The highest BCUT2D eigenvalue weighted by atomic mass is 15.1. The van der Waals surface area contributed by atoms with E-state index in [0.29, 0.717) is 6.04 Å². The molecule has 1 heterocycles. The van der Waals surface area contributed by atoms with Gasteiger partial charge in [0.2, 0.25) is 5.95 Å². The van der Waals surface area contributed by atoms with Gasteiger partial charge in [-0.05, 0) is 31.2 Å². The smallest absolute Gasteiger partial charge is 0.223 e. The fraction of sp³-hybridized carbons (Fsp3) is 0.500. The van der Waals surface area contributed by atoms with E-state index >= 15 is 0 Å². The first-order valence-corrected chi connectivity index (χ1v) is 7.29. The van der Waals surface area contributed by atoms with E-state index in [9.17, 15) is 0 Å². The molecule has 3 heteroatoms. The molecule has 1 aromatic carbocycles. The van der Waals surface area contributed by atoms with Gasteiger partial charge in [0.15, 0.2) is 0 Å². The molecule has 0 aliphatic heterocycles. The molecule has 3 rings (SSSR count). The van der Waals surface area contributed by atoms with Gasteiger partial charge >= 0.3 is 0 Å². The minimum absolute atomic E-state index is 0.533. The van der Waals surface area contributed by atoms with Gasteiger partial charge in [-0.1, -0.05) is 38.0 Å². The lowest BCUT2D eigenvalue weighted by Gasteiger charge is -2.16. The molecule has 2 unspecified atom stereocenters. The van der Waals surface area contributed by atoms with Crippen molar-refractivity contribution in [2.45, 2.75) is 45.1 Å². The maximum absolute atomic E-state index is 4.60. The number of fused-ring (bicyclic) bond motifs is 1. The van der Waals surface area contributed by atoms with Gasteiger partial charge in [-0.2, -0.15) is 0 Å². The molecule has 19 heavy (non-hydrogen) atoms. The summed E-state index contributed by atoms with van der Waals surface area (Å²) in [6, 6.07) is 8.66. The topological polar surface area (TPSA) is 37.8 Å². The number of hydrogen-bond acceptors (Lipinski definition) is 3. The molecule has 0 bridgehead atoms. The fourth-order valence-corrected chi connectivity index (χ4v) is 2.86. The van der Waals surface area contributed by atoms with E-state index < -0.39 is 0 Å². The van der Waals surface area contributed by atoms with E-state index in [1.807, 2.05) is 30.5 Å². The van der Waals surface area contributed by atoms with Gasteiger partial charge in [0.1, 0.15) is 0 Å². The first-order chi connectivity index (χ1) is 9.31. The Kier molecular flexibility index (Phi) is 3.62. The molecule has 1 aliphatic carbocycles. The van der Waals surface area contributed by atoms with Gasteiger partial charge in [0.25, 0.3) is 0 Å². The van der Waals surface area contributed by atoms with Gasteiger partial charge < -0.3 is 5.32 Å².